The number of aromatic nitrogens is 2. The molecule has 6 N–H and O–H groups in total. The molecule has 2 amide bonds. The summed E-state index contributed by atoms with van der Waals surface area (Å²) in [5.41, 5.74) is 9.68. The van der Waals surface area contributed by atoms with Gasteiger partial charge in [0.25, 0.3) is 31.9 Å². The smallest absolute Gasteiger partial charge is 0.303 e. The Labute approximate surface area is 462 Å². The monoisotopic (exact) mass is 1120 g/mol. The maximum absolute atomic E-state index is 13.7. The van der Waals surface area contributed by atoms with Crippen LogP contribution < -0.4 is 19.2 Å². The van der Waals surface area contributed by atoms with Crippen molar-refractivity contribution in [2.75, 3.05) is 32.3 Å². The Kier molecular flexibility index (Phi) is 13.3. The summed E-state index contributed by atoms with van der Waals surface area (Å²) in [5, 5.41) is 24.3. The fraction of sp³-hybridized carbons (Fsp3) is 0.300. The number of aromatic amines is 2. The van der Waals surface area contributed by atoms with Crippen LogP contribution in [0.25, 0.3) is 23.3 Å². The number of Topliss-reactive ketones (excluding diaryl/α,β-unsaturated/α-hetero) is 2. The van der Waals surface area contributed by atoms with Crippen molar-refractivity contribution in [2.45, 2.75) is 102 Å². The number of ketones is 2. The second-order valence-corrected chi connectivity index (χ2v) is 26.5. The minimum absolute atomic E-state index is 0.0527. The summed E-state index contributed by atoms with van der Waals surface area (Å²) in [5.74, 6) is -2.89. The maximum Gasteiger partial charge on any atom is 0.303 e. The molecule has 2 aromatic heterocycles. The Morgan fingerprint density at radius 2 is 0.950 bits per heavy atom. The lowest BCUT2D eigenvalue weighted by molar-refractivity contribution is -0.138. The molecular weight excluding hydrogens is 1060 g/mol. The normalized spacial score (nSPS) is 18.4. The average Bonchev–Trinajstić information content (AvgIpc) is 4.36. The van der Waals surface area contributed by atoms with Crippen molar-refractivity contribution in [2.24, 2.45) is 10.8 Å². The van der Waals surface area contributed by atoms with E-state index < -0.39 is 43.8 Å². The summed E-state index contributed by atoms with van der Waals surface area (Å²) in [6.07, 6.45) is 6.30. The molecule has 4 aliphatic heterocycles. The quantitative estimate of drug-likeness (QED) is 0.0627. The molecule has 20 heteroatoms. The number of nitrogens with zero attached hydrogens (tertiary/aromatic N) is 2. The summed E-state index contributed by atoms with van der Waals surface area (Å²) >= 11 is 0. The minimum Gasteiger partial charge on any atom is -0.481 e. The van der Waals surface area contributed by atoms with Gasteiger partial charge in [-0.2, -0.15) is 0 Å². The number of hydrogen-bond acceptors (Lipinski definition) is 10. The lowest BCUT2D eigenvalue weighted by atomic mass is 9.75. The predicted octanol–water partition coefficient (Wildman–Crippen LogP) is 8.86. The lowest BCUT2D eigenvalue weighted by Gasteiger charge is -2.28. The molecule has 80 heavy (non-hydrogen) atoms. The van der Waals surface area contributed by atoms with Gasteiger partial charge in [-0.3, -0.25) is 37.4 Å². The average molecular weight is 1120 g/mol. The fourth-order valence-electron chi connectivity index (χ4n) is 12.1. The number of hydrogen-bond donors (Lipinski definition) is 6. The summed E-state index contributed by atoms with van der Waals surface area (Å²) in [7, 11) is -7.77. The molecule has 0 spiro atoms. The first-order chi connectivity index (χ1) is 37.9. The Bertz CT molecular complexity index is 3750. The number of nitrogens with one attached hydrogen (secondary N) is 4. The van der Waals surface area contributed by atoms with Crippen molar-refractivity contribution in [1.82, 2.24) is 9.97 Å². The Morgan fingerprint density at radius 3 is 1.34 bits per heavy atom. The van der Waals surface area contributed by atoms with E-state index in [1.54, 1.807) is 36.4 Å². The number of anilines is 4. The summed E-state index contributed by atoms with van der Waals surface area (Å²) in [6, 6.07) is 24.0. The second kappa shape index (κ2) is 19.8. The van der Waals surface area contributed by atoms with Crippen LogP contribution in [0.2, 0.25) is 0 Å². The number of carboxylic acid groups (broad SMARTS) is 2. The molecule has 0 fully saturated rings. The van der Waals surface area contributed by atoms with Gasteiger partial charge in [0, 0.05) is 95.2 Å². The first kappa shape index (κ1) is 53.6. The Balaban J connectivity index is 0.000000169. The Morgan fingerprint density at radius 1 is 0.562 bits per heavy atom. The zero-order valence-corrected chi connectivity index (χ0v) is 46.0. The molecule has 412 valence electrons. The van der Waals surface area contributed by atoms with Crippen molar-refractivity contribution >= 4 is 101 Å². The highest BCUT2D eigenvalue weighted by Gasteiger charge is 2.39. The third-order valence-electron chi connectivity index (χ3n) is 15.7. The van der Waals surface area contributed by atoms with Crippen LogP contribution >= 0.6 is 0 Å². The van der Waals surface area contributed by atoms with Crippen molar-refractivity contribution in [3.63, 3.8) is 0 Å². The maximum atomic E-state index is 13.7. The first-order valence-electron chi connectivity index (χ1n) is 26.4. The molecule has 6 heterocycles. The van der Waals surface area contributed by atoms with Crippen LogP contribution in [0.5, 0.6) is 0 Å². The summed E-state index contributed by atoms with van der Waals surface area (Å²) < 4.78 is 57.5. The standard InChI is InChI=1S/2C30H29N3O6S/c2*1-30(2)15-24-28(26(34)16-30)19(8-10-27(35)36)23(31-24)14-21-20-13-18(7-9-22(20)32-29(21)37)40(38,39)33-12-11-17-5-3-4-6-25(17)33/h2*3-7,9,13-14,31H,8,10-12,15-16H2,1-2H3,(H,32,37)(H,35,36). The topological polar surface area (TPSA) is 273 Å². The highest BCUT2D eigenvalue weighted by atomic mass is 32.2. The van der Waals surface area contributed by atoms with Gasteiger partial charge >= 0.3 is 11.9 Å². The van der Waals surface area contributed by atoms with E-state index in [1.165, 1.54) is 32.9 Å². The summed E-state index contributed by atoms with van der Waals surface area (Å²) in [6.45, 7) is 8.69. The number of carbonyl (C=O) groups is 6. The highest BCUT2D eigenvalue weighted by molar-refractivity contribution is 7.93. The number of sulfonamides is 2. The molecule has 6 aliphatic rings. The van der Waals surface area contributed by atoms with E-state index in [-0.39, 0.29) is 69.0 Å². The van der Waals surface area contributed by atoms with Gasteiger partial charge in [0.2, 0.25) is 0 Å². The molecule has 0 unspecified atom stereocenters. The van der Waals surface area contributed by atoms with Gasteiger partial charge < -0.3 is 30.8 Å². The number of H-pyrrole nitrogens is 2. The van der Waals surface area contributed by atoms with Gasteiger partial charge in [-0.1, -0.05) is 64.1 Å². The van der Waals surface area contributed by atoms with Gasteiger partial charge in [0.05, 0.1) is 32.3 Å². The van der Waals surface area contributed by atoms with Crippen LogP contribution in [0.1, 0.15) is 130 Å². The molecule has 0 radical (unpaired) electrons. The summed E-state index contributed by atoms with van der Waals surface area (Å²) in [4.78, 5) is 81.9. The van der Waals surface area contributed by atoms with Gasteiger partial charge in [0.15, 0.2) is 11.6 Å². The number of carbonyl (C=O) groups excluding carboxylic acids is 4. The van der Waals surface area contributed by atoms with E-state index in [4.69, 9.17) is 0 Å². The molecular formula is C60H58N6O12S2. The molecule has 0 saturated heterocycles. The SMILES string of the molecule is CC1(C)CC(=O)c2c([nH]c(C=C3C(=O)Nc4ccc(S(=O)(=O)N5CCc6ccccc65)cc43)c2CCC(=O)O)C1.CC1(C)CC(=O)c2c([nH]c(C=C3C(=O)Nc4ccc(S(=O)(=O)N5CCc6ccccc65)cc43)c2CCC(=O)O)C1. The number of rotatable bonds is 12. The van der Waals surface area contributed by atoms with E-state index in [9.17, 15) is 55.8 Å². The molecule has 0 saturated carbocycles. The first-order valence-corrected chi connectivity index (χ1v) is 29.3. The van der Waals surface area contributed by atoms with E-state index in [1.807, 2.05) is 64.1 Å². The number of carboxylic acids is 2. The van der Waals surface area contributed by atoms with Crippen LogP contribution in [0, 0.1) is 10.8 Å². The molecule has 6 aromatic rings. The van der Waals surface area contributed by atoms with Gasteiger partial charge in [-0.15, -0.1) is 0 Å². The van der Waals surface area contributed by atoms with Crippen LogP contribution in [0.15, 0.2) is 94.7 Å². The van der Waals surface area contributed by atoms with Crippen LogP contribution in [0.4, 0.5) is 22.7 Å². The second-order valence-electron chi connectivity index (χ2n) is 22.8. The molecule has 0 atom stereocenters. The van der Waals surface area contributed by atoms with Crippen LogP contribution in [-0.4, -0.2) is 85.4 Å². The predicted molar refractivity (Wildman–Crippen MR) is 302 cm³/mol. The van der Waals surface area contributed by atoms with E-state index in [0.717, 1.165) is 22.5 Å². The number of amides is 2. The fourth-order valence-corrected chi connectivity index (χ4v) is 15.2. The van der Waals surface area contributed by atoms with Gasteiger partial charge in [-0.25, -0.2) is 16.8 Å². The van der Waals surface area contributed by atoms with Gasteiger partial charge in [-0.05, 0) is 132 Å². The van der Waals surface area contributed by atoms with Crippen molar-refractivity contribution in [3.05, 3.63) is 152 Å². The number of benzene rings is 4. The molecule has 2 aliphatic carbocycles. The van der Waals surface area contributed by atoms with Crippen molar-refractivity contribution in [3.8, 4) is 0 Å². The molecule has 0 bridgehead atoms. The number of aliphatic carboxylic acids is 2. The largest absolute Gasteiger partial charge is 0.481 e. The van der Waals surface area contributed by atoms with Crippen LogP contribution in [0.3, 0.4) is 0 Å². The third kappa shape index (κ3) is 9.73. The zero-order chi connectivity index (χ0) is 56.8. The molecule has 12 rings (SSSR count). The van der Waals surface area contributed by atoms with E-state index in [0.29, 0.717) is 119 Å². The zero-order valence-electron chi connectivity index (χ0n) is 44.4. The molecule has 4 aromatic carbocycles. The van der Waals surface area contributed by atoms with Crippen molar-refractivity contribution in [1.29, 1.82) is 0 Å². The van der Waals surface area contributed by atoms with E-state index >= 15 is 0 Å². The highest BCUT2D eigenvalue weighted by Crippen LogP contribution is 2.44. The Hall–Kier alpha value is -8.36. The third-order valence-corrected chi connectivity index (χ3v) is 19.4. The minimum atomic E-state index is -3.89. The number of para-hydroxylation sites is 2. The number of fused-ring (bicyclic) bond motifs is 6. The lowest BCUT2D eigenvalue weighted by Crippen LogP contribution is -2.29. The van der Waals surface area contributed by atoms with Crippen molar-refractivity contribution < 1.29 is 55.8 Å². The molecule has 18 nitrogen and oxygen atoms in total. The van der Waals surface area contributed by atoms with E-state index in [2.05, 4.69) is 20.6 Å². The van der Waals surface area contributed by atoms with Crippen LogP contribution in [-0.2, 0) is 77.7 Å². The van der Waals surface area contributed by atoms with Gasteiger partial charge in [0.1, 0.15) is 0 Å².